The molecule has 0 spiro atoms. The highest BCUT2D eigenvalue weighted by atomic mass is 35.5. The van der Waals surface area contributed by atoms with Crippen molar-refractivity contribution >= 4 is 81.3 Å². The minimum absolute atomic E-state index is 0.0545. The number of benzene rings is 4. The number of rotatable bonds is 25. The van der Waals surface area contributed by atoms with Crippen LogP contribution in [0.3, 0.4) is 0 Å². The molecule has 3 aliphatic rings. The Labute approximate surface area is 525 Å². The van der Waals surface area contributed by atoms with Crippen LogP contribution >= 0.6 is 34.7 Å². The Morgan fingerprint density at radius 2 is 1.32 bits per heavy atom. The zero-order chi connectivity index (χ0) is 63.6. The number of aromatic nitrogens is 1. The second-order valence-corrected chi connectivity index (χ2v) is 25.9. The van der Waals surface area contributed by atoms with Crippen LogP contribution in [0.5, 0.6) is 28.7 Å². The number of anilines is 1. The van der Waals surface area contributed by atoms with Crippen LogP contribution in [-0.2, 0) is 58.0 Å². The Morgan fingerprint density at radius 1 is 0.750 bits per heavy atom. The lowest BCUT2D eigenvalue weighted by Gasteiger charge is -2.50. The van der Waals surface area contributed by atoms with Crippen LogP contribution in [0.2, 0.25) is 5.02 Å². The molecule has 2 saturated heterocycles. The Bertz CT molecular complexity index is 3410. The predicted octanol–water partition coefficient (Wildman–Crippen LogP) is 9.61. The van der Waals surface area contributed by atoms with Crippen LogP contribution < -0.4 is 39.6 Å². The van der Waals surface area contributed by atoms with Gasteiger partial charge in [-0.15, -0.1) is 23.1 Å². The fourth-order valence-electron chi connectivity index (χ4n) is 9.67. The lowest BCUT2D eigenvalue weighted by atomic mass is 10.0. The van der Waals surface area contributed by atoms with Crippen molar-refractivity contribution in [2.75, 3.05) is 65.1 Å². The first-order valence-electron chi connectivity index (χ1n) is 28.5. The van der Waals surface area contributed by atoms with Crippen molar-refractivity contribution in [1.82, 2.24) is 20.5 Å². The van der Waals surface area contributed by atoms with E-state index in [9.17, 15) is 28.8 Å². The number of esters is 2. The van der Waals surface area contributed by atoms with E-state index in [-0.39, 0.29) is 65.0 Å². The van der Waals surface area contributed by atoms with E-state index in [1.54, 1.807) is 99.3 Å². The molecular weight excluding hydrogens is 1190 g/mol. The topological polar surface area (TPSA) is 250 Å². The number of ether oxygens (including phenoxy) is 8. The first-order chi connectivity index (χ1) is 41.8. The molecular formula is C63H75ClN7O15S2+. The number of thioether (sulfide) groups is 1. The SMILES string of the molecule is COc1ccc(COC(=O)C2=C(C[N+]3(CCNC(=O)c4ccc(OCc5ccc(OC)cc5)c(OCc5ccc(OC)cc5)c4Cl)CCCC3)CS[C@@H]3[C@H](NC(=O)/C(=N\OC(C)(C)C(=O)OC(C)(C)C)c4csc(NC(=O)OC(C)(C)C)n4)C(=O)N23)cc1. The van der Waals surface area contributed by atoms with Gasteiger partial charge in [0.25, 0.3) is 17.7 Å². The van der Waals surface area contributed by atoms with E-state index in [0.29, 0.717) is 51.7 Å². The molecule has 88 heavy (non-hydrogen) atoms. The second-order valence-electron chi connectivity index (χ2n) is 23.6. The number of β-lactam (4-membered cyclic amide) rings is 1. The van der Waals surface area contributed by atoms with E-state index in [2.05, 4.69) is 26.1 Å². The first-order valence-corrected chi connectivity index (χ1v) is 30.8. The molecule has 4 amide bonds. The lowest BCUT2D eigenvalue weighted by Crippen LogP contribution is -2.71. The number of thiazole rings is 1. The Morgan fingerprint density at radius 3 is 1.89 bits per heavy atom. The monoisotopic (exact) mass is 1270 g/mol. The van der Waals surface area contributed by atoms with Crippen LogP contribution in [0.25, 0.3) is 0 Å². The number of likely N-dealkylation sites (tertiary alicyclic amines) is 1. The van der Waals surface area contributed by atoms with Gasteiger partial charge in [-0.2, -0.15) is 0 Å². The van der Waals surface area contributed by atoms with Gasteiger partial charge in [0.2, 0.25) is 5.60 Å². The number of hydrogen-bond acceptors (Lipinski definition) is 19. The molecule has 470 valence electrons. The van der Waals surface area contributed by atoms with Crippen LogP contribution in [-0.4, -0.2) is 144 Å². The van der Waals surface area contributed by atoms with Gasteiger partial charge in [0.1, 0.15) is 77.6 Å². The maximum absolute atomic E-state index is 14.7. The molecule has 0 radical (unpaired) electrons. The van der Waals surface area contributed by atoms with Gasteiger partial charge < -0.3 is 57.8 Å². The normalized spacial score (nSPS) is 16.5. The van der Waals surface area contributed by atoms with Crippen molar-refractivity contribution in [3.8, 4) is 28.7 Å². The van der Waals surface area contributed by atoms with Crippen molar-refractivity contribution in [3.05, 3.63) is 135 Å². The molecule has 4 heterocycles. The van der Waals surface area contributed by atoms with Gasteiger partial charge in [0.05, 0.1) is 58.1 Å². The Kier molecular flexibility index (Phi) is 21.3. The van der Waals surface area contributed by atoms with Crippen LogP contribution in [0.4, 0.5) is 9.93 Å². The predicted molar refractivity (Wildman–Crippen MR) is 332 cm³/mol. The standard InChI is InChI=1S/C63H74ClN7O15S2/c1-61(2,3)84-58(76)63(7,8)86-69-49(46-37-88-59(66-46)68-60(77)85-62(4,5)6)54(73)67-50-55(74)70-51(57(75)83-35-40-18-24-44(80-11)25-19-40)41(36-87-56(50)70)32-71(29-12-13-30-71)31-28-65-53(72)45-26-27-47(81-33-38-14-20-42(78-9)21-15-38)52(48(45)64)82-34-39-16-22-43(79-10)23-17-39/h14-27,37,50,56H,12-13,28-36H2,1-11H3,(H2-,65,66,67,68,72,73,77)/p+1/b69-49-/t50-,56-/m1/s1. The smallest absolute Gasteiger partial charge is 0.413 e. The summed E-state index contributed by atoms with van der Waals surface area (Å²) < 4.78 is 45.9. The minimum Gasteiger partial charge on any atom is -0.497 e. The summed E-state index contributed by atoms with van der Waals surface area (Å²) in [5.74, 6) is -0.610. The van der Waals surface area contributed by atoms with Crippen molar-refractivity contribution < 1.29 is 76.0 Å². The molecule has 0 saturated carbocycles. The number of hydrogen-bond donors (Lipinski definition) is 3. The van der Waals surface area contributed by atoms with Gasteiger partial charge in [-0.05, 0) is 121 Å². The summed E-state index contributed by atoms with van der Waals surface area (Å²) in [5, 5.41) is 13.3. The van der Waals surface area contributed by atoms with Crippen LogP contribution in [0.15, 0.2) is 107 Å². The fourth-order valence-corrected chi connectivity index (χ4v) is 12.0. The number of oxime groups is 1. The van der Waals surface area contributed by atoms with E-state index in [1.165, 1.54) is 35.9 Å². The van der Waals surface area contributed by atoms with E-state index >= 15 is 0 Å². The maximum atomic E-state index is 14.7. The van der Waals surface area contributed by atoms with Gasteiger partial charge >= 0.3 is 18.0 Å². The Balaban J connectivity index is 1.02. The molecule has 2 fully saturated rings. The summed E-state index contributed by atoms with van der Waals surface area (Å²) in [5.41, 5.74) is -0.592. The van der Waals surface area contributed by atoms with Gasteiger partial charge in [-0.25, -0.2) is 19.4 Å². The maximum Gasteiger partial charge on any atom is 0.413 e. The third-order valence-electron chi connectivity index (χ3n) is 14.2. The summed E-state index contributed by atoms with van der Waals surface area (Å²) in [4.78, 5) is 95.4. The summed E-state index contributed by atoms with van der Waals surface area (Å²) in [6.07, 6.45) is 0.968. The second kappa shape index (κ2) is 28.4. The number of amides is 4. The third-order valence-corrected chi connectivity index (χ3v) is 16.7. The van der Waals surface area contributed by atoms with Gasteiger partial charge in [-0.1, -0.05) is 53.2 Å². The molecule has 2 atom stereocenters. The molecule has 4 aromatic carbocycles. The molecule has 8 rings (SSSR count). The van der Waals surface area contributed by atoms with Gasteiger partial charge in [0, 0.05) is 29.5 Å². The highest BCUT2D eigenvalue weighted by Gasteiger charge is 2.56. The zero-order valence-electron chi connectivity index (χ0n) is 51.2. The van der Waals surface area contributed by atoms with Gasteiger partial charge in [0.15, 0.2) is 22.3 Å². The summed E-state index contributed by atoms with van der Waals surface area (Å²) in [7, 11) is 4.73. The minimum atomic E-state index is -1.70. The number of fused-ring (bicyclic) bond motifs is 1. The van der Waals surface area contributed by atoms with Crippen molar-refractivity contribution in [3.63, 3.8) is 0 Å². The average Bonchev–Trinajstić information content (AvgIpc) is 0.831. The number of halogens is 1. The molecule has 0 unspecified atom stereocenters. The average molecular weight is 1270 g/mol. The van der Waals surface area contributed by atoms with E-state index in [0.717, 1.165) is 48.4 Å². The van der Waals surface area contributed by atoms with Crippen molar-refractivity contribution in [2.45, 2.75) is 116 Å². The summed E-state index contributed by atoms with van der Waals surface area (Å²) in [6, 6.07) is 23.9. The van der Waals surface area contributed by atoms with Gasteiger partial charge in [-0.3, -0.25) is 24.6 Å². The number of carbonyl (C=O) groups is 6. The fraction of sp³-hybridized carbons (Fsp3) is 0.429. The molecule has 1 aromatic heterocycles. The van der Waals surface area contributed by atoms with E-state index in [1.807, 2.05) is 48.5 Å². The molecule has 3 aliphatic heterocycles. The van der Waals surface area contributed by atoms with Crippen molar-refractivity contribution in [1.29, 1.82) is 0 Å². The number of quaternary nitrogens is 1. The van der Waals surface area contributed by atoms with E-state index in [4.69, 9.17) is 54.3 Å². The molecule has 25 heteroatoms. The van der Waals surface area contributed by atoms with Crippen molar-refractivity contribution in [2.24, 2.45) is 5.16 Å². The summed E-state index contributed by atoms with van der Waals surface area (Å²) >= 11 is 9.41. The number of carbonyl (C=O) groups excluding carboxylic acids is 6. The summed E-state index contributed by atoms with van der Waals surface area (Å²) in [6.45, 7) is 15.7. The molecule has 3 N–H and O–H groups in total. The van der Waals surface area contributed by atoms with E-state index < -0.39 is 69.7 Å². The highest BCUT2D eigenvalue weighted by Crippen LogP contribution is 2.43. The molecule has 22 nitrogen and oxygen atoms in total. The van der Waals surface area contributed by atoms with Crippen LogP contribution in [0, 0.1) is 0 Å². The molecule has 0 bridgehead atoms. The zero-order valence-corrected chi connectivity index (χ0v) is 53.6. The lowest BCUT2D eigenvalue weighted by molar-refractivity contribution is -0.911. The Hall–Kier alpha value is -8.06. The number of methoxy groups -OCH3 is 3. The largest absolute Gasteiger partial charge is 0.497 e. The highest BCUT2D eigenvalue weighted by molar-refractivity contribution is 8.00. The number of nitrogens with zero attached hydrogens (tertiary/aromatic N) is 4. The third kappa shape index (κ3) is 17.0. The first kappa shape index (κ1) is 65.9. The van der Waals surface area contributed by atoms with Crippen LogP contribution in [0.1, 0.15) is 101 Å². The molecule has 0 aliphatic carbocycles. The number of nitrogens with one attached hydrogen (secondary N) is 3. The quantitative estimate of drug-likeness (QED) is 0.0123. The molecule has 5 aromatic rings.